The fraction of sp³-hybridized carbons (Fsp3) is 0.0735. The number of fused-ring (bicyclic) bond motifs is 6. The lowest BCUT2D eigenvalue weighted by Gasteiger charge is -2.22. The summed E-state index contributed by atoms with van der Waals surface area (Å²) in [5.74, 6) is 0. The van der Waals surface area contributed by atoms with Crippen molar-refractivity contribution in [2.45, 2.75) is 66.2 Å². The quantitative estimate of drug-likeness (QED) is 0.0998. The van der Waals surface area contributed by atoms with Gasteiger partial charge in [-0.3, -0.25) is 0 Å². The summed E-state index contributed by atoms with van der Waals surface area (Å²) in [7, 11) is 0. The van der Waals surface area contributed by atoms with Gasteiger partial charge in [-0.25, -0.2) is 0 Å². The van der Waals surface area contributed by atoms with Crippen LogP contribution in [0.15, 0.2) is 449 Å². The first-order chi connectivity index (χ1) is 66.5. The minimum absolute atomic E-state index is 0.0912. The molecule has 0 aliphatic carbocycles. The maximum Gasteiger partial charge on any atom is -0.00206 e. The third-order valence-electron chi connectivity index (χ3n) is 29.4. The minimum atomic E-state index is 0.0912. The van der Waals surface area contributed by atoms with Gasteiger partial charge in [-0.1, -0.05) is 483 Å². The van der Waals surface area contributed by atoms with Crippen LogP contribution in [-0.2, 0) is 10.8 Å². The fourth-order valence-electron chi connectivity index (χ4n) is 22.9. The zero-order chi connectivity index (χ0) is 91.3. The molecular formula is C136H98. The zero-order valence-electron chi connectivity index (χ0n) is 77.7. The average Bonchev–Trinajstić information content (AvgIpc) is 0.722. The van der Waals surface area contributed by atoms with E-state index in [1.807, 2.05) is 0 Å². The predicted octanol–water partition coefficient (Wildman–Crippen LogP) is 38.9. The molecule has 0 atom stereocenters. The molecular weight excluding hydrogens is 1630 g/mol. The Labute approximate surface area is 793 Å². The highest BCUT2D eigenvalue weighted by molar-refractivity contribution is 6.31. The van der Waals surface area contributed by atoms with Gasteiger partial charge in [-0.05, 0) is 316 Å². The molecule has 0 unspecified atom stereocenters. The van der Waals surface area contributed by atoms with Crippen molar-refractivity contribution in [2.24, 2.45) is 0 Å². The Morgan fingerprint density at radius 1 is 0.132 bits per heavy atom. The van der Waals surface area contributed by atoms with E-state index in [0.29, 0.717) is 0 Å². The van der Waals surface area contributed by atoms with Crippen LogP contribution in [-0.4, -0.2) is 0 Å². The van der Waals surface area contributed by atoms with Gasteiger partial charge in [0, 0.05) is 0 Å². The van der Waals surface area contributed by atoms with Crippen LogP contribution in [0.4, 0.5) is 0 Å². The normalized spacial score (nSPS) is 12.1. The molecule has 0 aliphatic rings. The lowest BCUT2D eigenvalue weighted by molar-refractivity contribution is 0.590. The van der Waals surface area contributed by atoms with E-state index in [4.69, 9.17) is 0 Å². The molecule has 27 rings (SSSR count). The van der Waals surface area contributed by atoms with Crippen LogP contribution in [0.2, 0.25) is 0 Å². The minimum Gasteiger partial charge on any atom is -0.0622 e. The largest absolute Gasteiger partial charge is 0.0622 e. The summed E-state index contributed by atoms with van der Waals surface area (Å²) in [5.41, 5.74) is 28.3. The van der Waals surface area contributed by atoms with Crippen molar-refractivity contribution in [2.75, 3.05) is 0 Å². The topological polar surface area (TPSA) is 0 Å². The Morgan fingerprint density at radius 3 is 0.625 bits per heavy atom. The fourth-order valence-corrected chi connectivity index (χ4v) is 22.9. The standard InChI is InChI=1S/C50H42.C44H30.C42H26/c1-49(2,3)37-23-16-33(17-24-37)46-40-12-7-8-13-41(40)47(34-18-25-38(26-19-34)50(4,5)6)44-30-36(22-29-43(44)46)39-27-20-35-15-14-31-10-9-11-32-21-28-42(39)48(35)45(31)32;1-27-8-5-12-33(24-27)42-36-14-3-4-15-37(36)43(34-13-6-9-28(2)25-34)40-26-32(20-23-39(40)42)35-21-18-31-17-16-29-10-7-11-30-19-22-38(35)44(31)41(29)30;1-3-10-27(11-4-1)40-34-16-7-8-17-35(34)41(28-12-5-2-6-13-28)38-26-32(22-25-37(38)40)33-23-20-31-19-18-29-14-9-15-30-21-24-36(33)42(31)39(29)30/h7-30H,1-6H3;3-26H,1-2H3;1-26H. The highest BCUT2D eigenvalue weighted by Gasteiger charge is 2.27. The van der Waals surface area contributed by atoms with Gasteiger partial charge in [0.05, 0.1) is 0 Å². The molecule has 0 fully saturated rings. The van der Waals surface area contributed by atoms with Crippen LogP contribution in [0.5, 0.6) is 0 Å². The van der Waals surface area contributed by atoms with Gasteiger partial charge < -0.3 is 0 Å². The number of aryl methyl sites for hydroxylation is 2. The van der Waals surface area contributed by atoms with Gasteiger partial charge in [-0.2, -0.15) is 0 Å². The van der Waals surface area contributed by atoms with Crippen molar-refractivity contribution < 1.29 is 0 Å². The van der Waals surface area contributed by atoms with Crippen LogP contribution >= 0.6 is 0 Å². The van der Waals surface area contributed by atoms with Gasteiger partial charge in [0.25, 0.3) is 0 Å². The van der Waals surface area contributed by atoms with Gasteiger partial charge in [0.15, 0.2) is 0 Å². The Bertz CT molecular complexity index is 9420. The molecule has 642 valence electrons. The second-order valence-corrected chi connectivity index (χ2v) is 39.7. The van der Waals surface area contributed by atoms with Gasteiger partial charge >= 0.3 is 0 Å². The van der Waals surface area contributed by atoms with Gasteiger partial charge in [-0.15, -0.1) is 0 Å². The average molecular weight is 1730 g/mol. The van der Waals surface area contributed by atoms with Crippen LogP contribution in [0.1, 0.15) is 63.8 Å². The van der Waals surface area contributed by atoms with Crippen LogP contribution in [0.25, 0.3) is 262 Å². The molecule has 0 N–H and O–H groups in total. The Hall–Kier alpha value is -16.4. The second-order valence-electron chi connectivity index (χ2n) is 39.7. The van der Waals surface area contributed by atoms with Crippen molar-refractivity contribution in [1.29, 1.82) is 0 Å². The molecule has 27 aromatic rings. The van der Waals surface area contributed by atoms with E-state index in [-0.39, 0.29) is 10.8 Å². The number of hydrogen-bond acceptors (Lipinski definition) is 0. The summed E-state index contributed by atoms with van der Waals surface area (Å²) >= 11 is 0. The van der Waals surface area contributed by atoms with Crippen molar-refractivity contribution >= 4 is 162 Å². The number of benzene rings is 27. The molecule has 0 aliphatic heterocycles. The second kappa shape index (κ2) is 32.2. The highest BCUT2D eigenvalue weighted by Crippen LogP contribution is 2.53. The molecule has 136 heavy (non-hydrogen) atoms. The molecule has 0 amide bonds. The Kier molecular flexibility index (Phi) is 19.3. The molecule has 0 spiro atoms. The third-order valence-corrected chi connectivity index (χ3v) is 29.4. The van der Waals surface area contributed by atoms with Gasteiger partial charge in [0.1, 0.15) is 0 Å². The van der Waals surface area contributed by atoms with E-state index in [9.17, 15) is 0 Å². The van der Waals surface area contributed by atoms with E-state index < -0.39 is 0 Å². The molecule has 0 saturated heterocycles. The first kappa shape index (κ1) is 81.6. The predicted molar refractivity (Wildman–Crippen MR) is 591 cm³/mol. The van der Waals surface area contributed by atoms with Crippen LogP contribution in [0.3, 0.4) is 0 Å². The molecule has 0 radical (unpaired) electrons. The third kappa shape index (κ3) is 13.6. The summed E-state index contributed by atoms with van der Waals surface area (Å²) in [4.78, 5) is 0. The lowest BCUT2D eigenvalue weighted by atomic mass is 9.82. The first-order valence-electron chi connectivity index (χ1n) is 48.0. The van der Waals surface area contributed by atoms with E-state index >= 15 is 0 Å². The van der Waals surface area contributed by atoms with E-state index in [1.165, 1.54) is 284 Å². The van der Waals surface area contributed by atoms with Crippen molar-refractivity contribution in [3.8, 4) is 100 Å². The SMILES string of the molecule is CC(C)(C)c1ccc(-c2c3ccccc3c(-c3ccc(C(C)(C)C)cc3)c3cc(-c4ccc5ccc6cccc7ccc4c5c67)ccc23)cc1.Cc1cccc(-c2c3ccccc3c(-c3cccc(C)c3)c3cc(-c4ccc5ccc6cccc7ccc4c5c67)ccc23)c1.c1ccc(-c2c3ccccc3c(-c3ccccc3)c3cc(-c4ccc5ccc6cccc7ccc4c5c67)ccc23)cc1. The van der Waals surface area contributed by atoms with E-state index in [2.05, 4.69) is 504 Å². The Balaban J connectivity index is 0.000000109. The van der Waals surface area contributed by atoms with Crippen LogP contribution in [0, 0.1) is 13.8 Å². The van der Waals surface area contributed by atoms with Crippen LogP contribution < -0.4 is 0 Å². The highest BCUT2D eigenvalue weighted by atomic mass is 14.3. The molecule has 0 heteroatoms. The summed E-state index contributed by atoms with van der Waals surface area (Å²) in [6.45, 7) is 18.1. The molecule has 0 nitrogen and oxygen atoms in total. The lowest BCUT2D eigenvalue weighted by Crippen LogP contribution is -2.10. The van der Waals surface area contributed by atoms with Crippen molar-refractivity contribution in [3.05, 3.63) is 471 Å². The summed E-state index contributed by atoms with van der Waals surface area (Å²) in [6, 6.07) is 168. The van der Waals surface area contributed by atoms with E-state index in [1.54, 1.807) is 0 Å². The van der Waals surface area contributed by atoms with Crippen molar-refractivity contribution in [3.63, 3.8) is 0 Å². The molecule has 0 aromatic heterocycles. The first-order valence-corrected chi connectivity index (χ1v) is 48.0. The number of rotatable bonds is 9. The molecule has 0 saturated carbocycles. The number of hydrogen-bond donors (Lipinski definition) is 0. The van der Waals surface area contributed by atoms with Crippen molar-refractivity contribution in [1.82, 2.24) is 0 Å². The molecule has 0 bridgehead atoms. The molecule has 27 aromatic carbocycles. The summed E-state index contributed by atoms with van der Waals surface area (Å²) in [5, 5.41) is 39.1. The van der Waals surface area contributed by atoms with E-state index in [0.717, 1.165) is 0 Å². The maximum absolute atomic E-state index is 2.47. The summed E-state index contributed by atoms with van der Waals surface area (Å²) < 4.78 is 0. The zero-order valence-corrected chi connectivity index (χ0v) is 77.7. The Morgan fingerprint density at radius 2 is 0.338 bits per heavy atom. The monoisotopic (exact) mass is 1730 g/mol. The smallest absolute Gasteiger partial charge is 0.00206 e. The maximum atomic E-state index is 2.47. The molecule has 0 heterocycles. The van der Waals surface area contributed by atoms with Gasteiger partial charge in [0.2, 0.25) is 0 Å². The summed E-state index contributed by atoms with van der Waals surface area (Å²) in [6.07, 6.45) is 0.